The fourth-order valence-corrected chi connectivity index (χ4v) is 6.20. The zero-order valence-electron chi connectivity index (χ0n) is 15.9. The number of fused-ring (bicyclic) bond motifs is 1. The average Bonchev–Trinajstić information content (AvgIpc) is 3.35. The van der Waals surface area contributed by atoms with Crippen molar-refractivity contribution in [1.29, 1.82) is 0 Å². The van der Waals surface area contributed by atoms with Crippen molar-refractivity contribution in [2.24, 2.45) is 0 Å². The van der Waals surface area contributed by atoms with Gasteiger partial charge in [0.05, 0.1) is 0 Å². The summed E-state index contributed by atoms with van der Waals surface area (Å²) in [6, 6.07) is -0.779. The van der Waals surface area contributed by atoms with Crippen molar-refractivity contribution in [2.45, 2.75) is 29.2 Å². The zero-order valence-corrected chi connectivity index (χ0v) is 20.3. The van der Waals surface area contributed by atoms with Crippen LogP contribution in [0.25, 0.3) is 0 Å². The number of tetrazole rings is 1. The van der Waals surface area contributed by atoms with Gasteiger partial charge in [0.25, 0.3) is 5.91 Å². The molecule has 16 heteroatoms. The van der Waals surface area contributed by atoms with Crippen LogP contribution in [-0.4, -0.2) is 81.1 Å². The maximum Gasteiger partial charge on any atom is 1.00 e. The minimum Gasteiger partial charge on any atom is -0.477 e. The van der Waals surface area contributed by atoms with Crippen molar-refractivity contribution in [3.8, 4) is 0 Å². The predicted molar refractivity (Wildman–Crippen MR) is 103 cm³/mol. The first-order valence-corrected chi connectivity index (χ1v) is 11.1. The van der Waals surface area contributed by atoms with Crippen molar-refractivity contribution < 1.29 is 49.0 Å². The third-order valence-corrected chi connectivity index (χ3v) is 7.54. The molecule has 1 fully saturated rings. The van der Waals surface area contributed by atoms with Gasteiger partial charge in [-0.15, -0.1) is 27.1 Å². The SMILES string of the molecule is Cc1nnc(SCC2=C(C(=O)O)N3C(=O)[C@@H](NC(=O)Cn4cnnn4)[C@H]3SC2)s1.[Na+]. The largest absolute Gasteiger partial charge is 1.00 e. The number of thioether (sulfide) groups is 2. The molecule has 0 unspecified atom stereocenters. The Morgan fingerprint density at radius 3 is 2.83 bits per heavy atom. The van der Waals surface area contributed by atoms with Gasteiger partial charge in [-0.2, -0.15) is 0 Å². The smallest absolute Gasteiger partial charge is 0.477 e. The van der Waals surface area contributed by atoms with Crippen molar-refractivity contribution in [2.75, 3.05) is 11.5 Å². The molecule has 2 aromatic rings. The minimum absolute atomic E-state index is 0. The van der Waals surface area contributed by atoms with E-state index in [0.29, 0.717) is 17.1 Å². The molecular weight excluding hydrogens is 463 g/mol. The summed E-state index contributed by atoms with van der Waals surface area (Å²) in [6.07, 6.45) is 1.29. The molecule has 0 aliphatic carbocycles. The number of carbonyl (C=O) groups excluding carboxylic acids is 2. The number of rotatable bonds is 7. The maximum atomic E-state index is 12.6. The molecule has 0 saturated carbocycles. The van der Waals surface area contributed by atoms with Crippen molar-refractivity contribution in [3.05, 3.63) is 22.6 Å². The summed E-state index contributed by atoms with van der Waals surface area (Å²) in [7, 11) is 0. The van der Waals surface area contributed by atoms with E-state index < -0.39 is 29.2 Å². The van der Waals surface area contributed by atoms with Gasteiger partial charge in [0, 0.05) is 11.5 Å². The first-order chi connectivity index (χ1) is 13.9. The van der Waals surface area contributed by atoms with Crippen LogP contribution >= 0.6 is 34.9 Å². The number of aliphatic carboxylic acids is 1. The molecule has 1 saturated heterocycles. The normalized spacial score (nSPS) is 20.3. The number of β-lactam (4-membered cyclic amide) rings is 1. The van der Waals surface area contributed by atoms with Crippen LogP contribution in [0.4, 0.5) is 0 Å². The second-order valence-electron chi connectivity index (χ2n) is 6.10. The Labute approximate surface area is 204 Å². The molecule has 0 radical (unpaired) electrons. The van der Waals surface area contributed by atoms with Crippen LogP contribution in [0.15, 0.2) is 21.9 Å². The topological polar surface area (TPSA) is 156 Å². The molecule has 4 rings (SSSR count). The fourth-order valence-electron chi connectivity index (χ4n) is 2.90. The number of carboxylic acids is 1. The van der Waals surface area contributed by atoms with Crippen molar-refractivity contribution in [1.82, 2.24) is 40.6 Å². The summed E-state index contributed by atoms with van der Waals surface area (Å²) in [4.78, 5) is 37.8. The Morgan fingerprint density at radius 1 is 1.40 bits per heavy atom. The van der Waals surface area contributed by atoms with E-state index in [9.17, 15) is 19.5 Å². The van der Waals surface area contributed by atoms with E-state index in [1.807, 2.05) is 6.92 Å². The van der Waals surface area contributed by atoms with E-state index in [-0.39, 0.29) is 41.8 Å². The molecule has 2 aromatic heterocycles. The van der Waals surface area contributed by atoms with Gasteiger partial charge in [-0.3, -0.25) is 14.5 Å². The van der Waals surface area contributed by atoms with E-state index in [4.69, 9.17) is 0 Å². The Kier molecular flexibility index (Phi) is 7.52. The number of aromatic nitrogens is 6. The first kappa shape index (κ1) is 23.1. The summed E-state index contributed by atoms with van der Waals surface area (Å²) in [5.41, 5.74) is 0.627. The second-order valence-corrected chi connectivity index (χ2v) is 9.60. The van der Waals surface area contributed by atoms with Crippen LogP contribution < -0.4 is 34.9 Å². The van der Waals surface area contributed by atoms with Crippen molar-refractivity contribution >= 4 is 52.6 Å². The second kappa shape index (κ2) is 9.74. The van der Waals surface area contributed by atoms with Gasteiger partial charge in [-0.1, -0.05) is 23.1 Å². The van der Waals surface area contributed by atoms with Crippen LogP contribution in [0.3, 0.4) is 0 Å². The van der Waals surface area contributed by atoms with Gasteiger partial charge >= 0.3 is 35.5 Å². The molecule has 2 aliphatic heterocycles. The maximum absolute atomic E-state index is 12.6. The van der Waals surface area contributed by atoms with Gasteiger partial charge in [0.15, 0.2) is 4.34 Å². The van der Waals surface area contributed by atoms with Crippen LogP contribution in [0, 0.1) is 6.92 Å². The van der Waals surface area contributed by atoms with Gasteiger partial charge < -0.3 is 10.4 Å². The summed E-state index contributed by atoms with van der Waals surface area (Å²) in [5, 5.41) is 31.1. The summed E-state index contributed by atoms with van der Waals surface area (Å²) in [6.45, 7) is 1.72. The van der Waals surface area contributed by atoms with E-state index in [1.54, 1.807) is 0 Å². The molecule has 0 bridgehead atoms. The molecule has 4 heterocycles. The Hall–Kier alpha value is -1.52. The summed E-state index contributed by atoms with van der Waals surface area (Å²) >= 11 is 4.24. The Morgan fingerprint density at radius 2 is 2.20 bits per heavy atom. The quantitative estimate of drug-likeness (QED) is 0.230. The summed E-state index contributed by atoms with van der Waals surface area (Å²) < 4.78 is 1.98. The molecule has 30 heavy (non-hydrogen) atoms. The van der Waals surface area contributed by atoms with Crippen LogP contribution in [-0.2, 0) is 20.9 Å². The molecule has 2 amide bonds. The first-order valence-electron chi connectivity index (χ1n) is 8.27. The molecule has 12 nitrogen and oxygen atoms in total. The van der Waals surface area contributed by atoms with Gasteiger partial charge in [0.2, 0.25) is 5.91 Å². The molecule has 152 valence electrons. The molecule has 2 atom stereocenters. The number of hydrogen-bond acceptors (Lipinski definition) is 11. The standard InChI is InChI=1S/C14H14N8O4S3.Na/c1-6-17-18-14(29-6)28-4-7-3-27-12-9(11(24)22(12)10(7)13(25)26)16-8(23)2-21-5-15-19-20-21;/h5,9,12H,2-4H2,1H3,(H,16,23)(H,25,26);/q;+1/t9-,12-;/m1./s1. The average molecular weight is 478 g/mol. The van der Waals surface area contributed by atoms with Gasteiger partial charge in [-0.05, 0) is 22.9 Å². The monoisotopic (exact) mass is 477 g/mol. The van der Waals surface area contributed by atoms with Gasteiger partial charge in [0.1, 0.15) is 35.0 Å². The van der Waals surface area contributed by atoms with Crippen LogP contribution in [0.2, 0.25) is 0 Å². The molecular formula is C14H14N8NaO4S3+. The fraction of sp³-hybridized carbons (Fsp3) is 0.429. The number of amides is 2. The molecule has 0 aromatic carbocycles. The van der Waals surface area contributed by atoms with Crippen LogP contribution in [0.5, 0.6) is 0 Å². The Balaban J connectivity index is 0.00000256. The number of nitrogens with one attached hydrogen (secondary N) is 1. The van der Waals surface area contributed by atoms with E-state index in [1.165, 1.54) is 50.8 Å². The zero-order chi connectivity index (χ0) is 20.5. The number of carboxylic acid groups (broad SMARTS) is 1. The number of aryl methyl sites for hydroxylation is 1. The number of nitrogens with zero attached hydrogens (tertiary/aromatic N) is 7. The van der Waals surface area contributed by atoms with Crippen molar-refractivity contribution in [3.63, 3.8) is 0 Å². The van der Waals surface area contributed by atoms with Gasteiger partial charge in [-0.25, -0.2) is 9.48 Å². The van der Waals surface area contributed by atoms with E-state index in [0.717, 1.165) is 9.35 Å². The summed E-state index contributed by atoms with van der Waals surface area (Å²) in [5.74, 6) is -1.19. The third-order valence-electron chi connectivity index (χ3n) is 4.14. The molecule has 0 spiro atoms. The molecule has 2 N–H and O–H groups in total. The third kappa shape index (κ3) is 4.70. The number of hydrogen-bond donors (Lipinski definition) is 2. The molecule has 2 aliphatic rings. The van der Waals surface area contributed by atoms with E-state index >= 15 is 0 Å². The van der Waals surface area contributed by atoms with Crippen LogP contribution in [0.1, 0.15) is 5.01 Å². The van der Waals surface area contributed by atoms with E-state index in [2.05, 4.69) is 31.0 Å². The Bertz CT molecular complexity index is 997. The number of carbonyl (C=O) groups is 3. The predicted octanol–water partition coefficient (Wildman–Crippen LogP) is -3.63. The minimum atomic E-state index is -1.16.